The zero-order valence-corrected chi connectivity index (χ0v) is 21.8. The van der Waals surface area contributed by atoms with Gasteiger partial charge in [0.25, 0.3) is 0 Å². The number of hydrogen-bond donors (Lipinski definition) is 0. The van der Waals surface area contributed by atoms with Gasteiger partial charge in [0.1, 0.15) is 0 Å². The molecule has 1 fully saturated rings. The van der Waals surface area contributed by atoms with E-state index in [-0.39, 0.29) is 13.0 Å². The topological polar surface area (TPSA) is 3.24 Å². The number of nitrogens with zero attached hydrogens (tertiary/aromatic N) is 1. The second-order valence-corrected chi connectivity index (χ2v) is 10.1. The predicted molar refractivity (Wildman–Crippen MR) is 142 cm³/mol. The van der Waals surface area contributed by atoms with Crippen LogP contribution in [-0.2, 0) is 0 Å². The van der Waals surface area contributed by atoms with Crippen molar-refractivity contribution >= 4 is 0 Å². The summed E-state index contributed by atoms with van der Waals surface area (Å²) in [5.74, 6) is 0. The first kappa shape index (κ1) is 25.3. The van der Waals surface area contributed by atoms with Crippen molar-refractivity contribution in [1.29, 1.82) is 0 Å². The Morgan fingerprint density at radius 2 is 1.10 bits per heavy atom. The van der Waals surface area contributed by atoms with Gasteiger partial charge < -0.3 is 0 Å². The SMILES string of the molecule is [2H]C1CCC([2H])N1C(CCCCCCCCCCCCC)C(C)=CCCCCCCCCC. The summed E-state index contributed by atoms with van der Waals surface area (Å²) in [5, 5.41) is 0. The summed E-state index contributed by atoms with van der Waals surface area (Å²) in [6.45, 7) is 6.50. The van der Waals surface area contributed by atoms with E-state index in [4.69, 9.17) is 2.74 Å². The van der Waals surface area contributed by atoms with Crippen LogP contribution in [-0.4, -0.2) is 24.0 Å². The first-order chi connectivity index (χ1) is 16.1. The lowest BCUT2D eigenvalue weighted by molar-refractivity contribution is 0.255. The maximum Gasteiger partial charge on any atom is 0.0431 e. The molecule has 0 aromatic carbocycles. The van der Waals surface area contributed by atoms with E-state index in [1.165, 1.54) is 128 Å². The van der Waals surface area contributed by atoms with Gasteiger partial charge in [0.15, 0.2) is 0 Å². The van der Waals surface area contributed by atoms with E-state index in [1.807, 2.05) is 0 Å². The molecule has 0 amide bonds. The van der Waals surface area contributed by atoms with Gasteiger partial charge in [-0.1, -0.05) is 135 Å². The lowest BCUT2D eigenvalue weighted by atomic mass is 9.97. The molecule has 1 heteroatoms. The third-order valence-corrected chi connectivity index (χ3v) is 7.09. The number of likely N-dealkylation sites (tertiary alicyclic amines) is 1. The van der Waals surface area contributed by atoms with Crippen molar-refractivity contribution < 1.29 is 2.74 Å². The highest BCUT2D eigenvalue weighted by molar-refractivity contribution is 5.09. The highest BCUT2D eigenvalue weighted by Crippen LogP contribution is 2.24. The fourth-order valence-corrected chi connectivity index (χ4v) is 4.96. The summed E-state index contributed by atoms with van der Waals surface area (Å²) in [4.78, 5) is 2.22. The van der Waals surface area contributed by atoms with Gasteiger partial charge in [-0.05, 0) is 52.1 Å². The van der Waals surface area contributed by atoms with E-state index < -0.39 is 0 Å². The molecule has 1 saturated heterocycles. The van der Waals surface area contributed by atoms with Crippen LogP contribution in [0.3, 0.4) is 0 Å². The van der Waals surface area contributed by atoms with Crippen molar-refractivity contribution in [2.24, 2.45) is 0 Å². The van der Waals surface area contributed by atoms with Gasteiger partial charge in [-0.25, -0.2) is 0 Å². The Hall–Kier alpha value is -0.300. The van der Waals surface area contributed by atoms with E-state index in [0.717, 1.165) is 19.3 Å². The van der Waals surface area contributed by atoms with Gasteiger partial charge in [0.05, 0.1) is 0 Å². The summed E-state index contributed by atoms with van der Waals surface area (Å²) in [7, 11) is 0. The molecule has 3 atom stereocenters. The van der Waals surface area contributed by atoms with Crippen LogP contribution >= 0.6 is 0 Å². The minimum absolute atomic E-state index is 0.174. The van der Waals surface area contributed by atoms with Crippen LogP contribution in [0.4, 0.5) is 0 Å². The maximum atomic E-state index is 8.50. The van der Waals surface area contributed by atoms with Gasteiger partial charge in [0.2, 0.25) is 0 Å². The lowest BCUT2D eigenvalue weighted by Crippen LogP contribution is -2.33. The van der Waals surface area contributed by atoms with Crippen molar-refractivity contribution in [2.45, 2.75) is 168 Å². The van der Waals surface area contributed by atoms with Crippen LogP contribution in [0.1, 0.15) is 165 Å². The Labute approximate surface area is 200 Å². The van der Waals surface area contributed by atoms with Crippen LogP contribution in [0.5, 0.6) is 0 Å². The summed E-state index contributed by atoms with van der Waals surface area (Å²) < 4.78 is 17.0. The molecular formula is C30H59N. The quantitative estimate of drug-likeness (QED) is 0.121. The Bertz CT molecular complexity index is 454. The molecule has 0 aliphatic carbocycles. The third kappa shape index (κ3) is 16.0. The highest BCUT2D eigenvalue weighted by Gasteiger charge is 2.22. The second kappa shape index (κ2) is 21.5. The van der Waals surface area contributed by atoms with Gasteiger partial charge in [-0.3, -0.25) is 4.90 Å². The summed E-state index contributed by atoms with van der Waals surface area (Å²) >= 11 is 0. The van der Waals surface area contributed by atoms with Crippen molar-refractivity contribution in [3.63, 3.8) is 0 Å². The van der Waals surface area contributed by atoms with Crippen molar-refractivity contribution in [3.8, 4) is 0 Å². The number of allylic oxidation sites excluding steroid dienone is 1. The molecule has 0 aromatic heterocycles. The molecule has 0 saturated carbocycles. The van der Waals surface area contributed by atoms with Gasteiger partial charge in [-0.15, -0.1) is 0 Å². The van der Waals surface area contributed by atoms with E-state index in [2.05, 4.69) is 31.7 Å². The maximum absolute atomic E-state index is 8.50. The van der Waals surface area contributed by atoms with Crippen molar-refractivity contribution in [3.05, 3.63) is 11.6 Å². The molecule has 1 heterocycles. The van der Waals surface area contributed by atoms with Crippen LogP contribution in [0.2, 0.25) is 0 Å². The summed E-state index contributed by atoms with van der Waals surface area (Å²) in [6, 6.07) is 0.320. The first-order valence-corrected chi connectivity index (χ1v) is 14.4. The number of rotatable bonds is 22. The second-order valence-electron chi connectivity index (χ2n) is 10.1. The smallest absolute Gasteiger partial charge is 0.0431 e. The Kier molecular flexibility index (Phi) is 17.6. The largest absolute Gasteiger partial charge is 0.297 e. The van der Waals surface area contributed by atoms with Gasteiger partial charge in [-0.2, -0.15) is 0 Å². The monoisotopic (exact) mass is 435 g/mol. The molecule has 0 bridgehead atoms. The minimum Gasteiger partial charge on any atom is -0.297 e. The van der Waals surface area contributed by atoms with E-state index in [1.54, 1.807) is 0 Å². The third-order valence-electron chi connectivity index (χ3n) is 7.09. The molecule has 1 aliphatic rings. The van der Waals surface area contributed by atoms with Gasteiger partial charge in [0, 0.05) is 8.78 Å². The molecule has 1 aliphatic heterocycles. The molecule has 0 spiro atoms. The Balaban J connectivity index is 2.31. The predicted octanol–water partition coefficient (Wildman–Crippen LogP) is 10.2. The molecule has 184 valence electrons. The highest BCUT2D eigenvalue weighted by atomic mass is 15.2. The standard InChI is InChI=1S/C30H59N/c1-4-6-8-10-12-14-15-16-18-20-22-26-30(31-27-23-24-28-31)29(3)25-21-19-17-13-11-9-7-5-2/h25,30H,4-24,26-28H2,1-3H3/i27D,28D. The van der Waals surface area contributed by atoms with Crippen LogP contribution in [0, 0.1) is 0 Å². The molecule has 1 nitrogen and oxygen atoms in total. The van der Waals surface area contributed by atoms with Crippen LogP contribution < -0.4 is 0 Å². The molecule has 3 unspecified atom stereocenters. The normalized spacial score (nSPS) is 22.0. The van der Waals surface area contributed by atoms with Crippen LogP contribution in [0.15, 0.2) is 11.6 Å². The van der Waals surface area contributed by atoms with Crippen LogP contribution in [0.25, 0.3) is 0 Å². The van der Waals surface area contributed by atoms with Crippen molar-refractivity contribution in [2.75, 3.05) is 13.0 Å². The fraction of sp³-hybridized carbons (Fsp3) is 0.933. The number of unbranched alkanes of at least 4 members (excludes halogenated alkanes) is 17. The zero-order chi connectivity index (χ0) is 24.2. The molecule has 0 aromatic rings. The van der Waals surface area contributed by atoms with E-state index in [9.17, 15) is 0 Å². The fourth-order valence-electron chi connectivity index (χ4n) is 4.96. The minimum atomic E-state index is -0.174. The molecule has 0 radical (unpaired) electrons. The molecule has 1 rings (SSSR count). The molecular weight excluding hydrogens is 374 g/mol. The average Bonchev–Trinajstić information content (AvgIpc) is 3.14. The summed E-state index contributed by atoms with van der Waals surface area (Å²) in [5.41, 5.74) is 1.43. The number of hydrogen-bond acceptors (Lipinski definition) is 1. The van der Waals surface area contributed by atoms with Crippen molar-refractivity contribution in [1.82, 2.24) is 4.90 Å². The Morgan fingerprint density at radius 3 is 1.58 bits per heavy atom. The summed E-state index contributed by atoms with van der Waals surface area (Å²) in [6.07, 6.45) is 31.2. The Morgan fingerprint density at radius 1 is 0.677 bits per heavy atom. The molecule has 0 N–H and O–H groups in total. The molecule has 31 heavy (non-hydrogen) atoms. The zero-order valence-electron chi connectivity index (χ0n) is 23.8. The van der Waals surface area contributed by atoms with E-state index >= 15 is 0 Å². The van der Waals surface area contributed by atoms with Gasteiger partial charge >= 0.3 is 0 Å². The first-order valence-electron chi connectivity index (χ1n) is 15.6. The van der Waals surface area contributed by atoms with E-state index in [0.29, 0.717) is 6.04 Å². The lowest BCUT2D eigenvalue weighted by Gasteiger charge is -2.29. The average molecular weight is 436 g/mol.